The average Bonchev–Trinajstić information content (AvgIpc) is 2.52. The van der Waals surface area contributed by atoms with Crippen LogP contribution in [0.4, 0.5) is 0 Å². The fraction of sp³-hybridized carbons (Fsp3) is 0.118. The highest BCUT2D eigenvalue weighted by Gasteiger charge is 2.09. The molecule has 0 saturated carbocycles. The molecule has 2 aromatic carbocycles. The molecular weight excluding hydrogens is 268 g/mol. The van der Waals surface area contributed by atoms with Gasteiger partial charge in [-0.3, -0.25) is 4.79 Å². The third-order valence-corrected chi connectivity index (χ3v) is 2.86. The maximum atomic E-state index is 12.0. The second-order valence-electron chi connectivity index (χ2n) is 4.19. The second-order valence-corrected chi connectivity index (χ2v) is 4.19. The topological polar surface area (TPSA) is 55.8 Å². The summed E-state index contributed by atoms with van der Waals surface area (Å²) in [6.07, 6.45) is 0. The molecule has 0 unspecified atom stereocenters. The monoisotopic (exact) mass is 282 g/mol. The van der Waals surface area contributed by atoms with E-state index in [4.69, 9.17) is 9.47 Å². The van der Waals surface area contributed by atoms with Crippen molar-refractivity contribution in [2.24, 2.45) is 0 Å². The number of benzene rings is 2. The van der Waals surface area contributed by atoms with Gasteiger partial charge >= 0.3 is 0 Å². The fourth-order valence-electron chi connectivity index (χ4n) is 1.70. The van der Waals surface area contributed by atoms with E-state index in [0.29, 0.717) is 11.3 Å². The molecule has 0 bridgehead atoms. The van der Waals surface area contributed by atoms with Gasteiger partial charge in [-0.1, -0.05) is 5.92 Å². The van der Waals surface area contributed by atoms with Crippen LogP contribution in [0.15, 0.2) is 42.5 Å². The SMILES string of the molecule is COc1ccc(C#CC(=O)c2ccc(OC)cc2O)cc1. The van der Waals surface area contributed by atoms with Crippen LogP contribution < -0.4 is 9.47 Å². The Kier molecular flexibility index (Phi) is 4.47. The summed E-state index contributed by atoms with van der Waals surface area (Å²) in [7, 11) is 3.07. The van der Waals surface area contributed by atoms with Crippen LogP contribution in [0.2, 0.25) is 0 Å². The van der Waals surface area contributed by atoms with E-state index < -0.39 is 5.78 Å². The number of carbonyl (C=O) groups excluding carboxylic acids is 1. The summed E-state index contributed by atoms with van der Waals surface area (Å²) in [5.74, 6) is 5.85. The first-order valence-corrected chi connectivity index (χ1v) is 6.21. The van der Waals surface area contributed by atoms with Crippen molar-refractivity contribution in [3.63, 3.8) is 0 Å². The summed E-state index contributed by atoms with van der Waals surface area (Å²) in [4.78, 5) is 12.0. The van der Waals surface area contributed by atoms with Crippen LogP contribution in [-0.4, -0.2) is 25.1 Å². The molecule has 0 aromatic heterocycles. The predicted molar refractivity (Wildman–Crippen MR) is 78.9 cm³/mol. The lowest BCUT2D eigenvalue weighted by atomic mass is 10.1. The number of hydrogen-bond acceptors (Lipinski definition) is 4. The summed E-state index contributed by atoms with van der Waals surface area (Å²) in [5, 5.41) is 9.77. The van der Waals surface area contributed by atoms with Crippen molar-refractivity contribution in [3.05, 3.63) is 53.6 Å². The van der Waals surface area contributed by atoms with Crippen LogP contribution in [0, 0.1) is 11.8 Å². The van der Waals surface area contributed by atoms with Gasteiger partial charge in [0.15, 0.2) is 0 Å². The summed E-state index contributed by atoms with van der Waals surface area (Å²) < 4.78 is 10.0. The molecule has 1 N–H and O–H groups in total. The Bertz CT molecular complexity index is 706. The minimum absolute atomic E-state index is 0.150. The Labute approximate surface area is 122 Å². The number of phenolic OH excluding ortho intramolecular Hbond substituents is 1. The van der Waals surface area contributed by atoms with E-state index in [1.165, 1.54) is 19.2 Å². The zero-order chi connectivity index (χ0) is 15.2. The number of rotatable bonds is 3. The third kappa shape index (κ3) is 3.54. The Balaban J connectivity index is 2.19. The minimum Gasteiger partial charge on any atom is -0.507 e. The van der Waals surface area contributed by atoms with Crippen molar-refractivity contribution in [1.82, 2.24) is 0 Å². The van der Waals surface area contributed by atoms with Crippen molar-refractivity contribution in [2.45, 2.75) is 0 Å². The third-order valence-electron chi connectivity index (χ3n) is 2.86. The van der Waals surface area contributed by atoms with E-state index in [1.54, 1.807) is 37.4 Å². The summed E-state index contributed by atoms with van der Waals surface area (Å²) >= 11 is 0. The maximum Gasteiger partial charge on any atom is 0.239 e. The van der Waals surface area contributed by atoms with Crippen molar-refractivity contribution >= 4 is 5.78 Å². The van der Waals surface area contributed by atoms with Crippen LogP contribution in [0.25, 0.3) is 0 Å². The molecule has 0 radical (unpaired) electrons. The van der Waals surface area contributed by atoms with E-state index in [1.807, 2.05) is 0 Å². The molecule has 0 atom stereocenters. The van der Waals surface area contributed by atoms with Gasteiger partial charge in [-0.05, 0) is 42.3 Å². The lowest BCUT2D eigenvalue weighted by molar-refractivity contribution is 0.105. The van der Waals surface area contributed by atoms with Gasteiger partial charge < -0.3 is 14.6 Å². The Morgan fingerprint density at radius 3 is 2.19 bits per heavy atom. The number of ether oxygens (including phenoxy) is 2. The van der Waals surface area contributed by atoms with E-state index in [0.717, 1.165) is 5.75 Å². The van der Waals surface area contributed by atoms with Gasteiger partial charge in [-0.15, -0.1) is 0 Å². The standard InChI is InChI=1S/C17H14O4/c1-20-13-6-3-12(4-7-13)5-10-16(18)15-9-8-14(21-2)11-17(15)19/h3-4,6-9,11,19H,1-2H3. The highest BCUT2D eigenvalue weighted by Crippen LogP contribution is 2.23. The van der Waals surface area contributed by atoms with Crippen LogP contribution in [-0.2, 0) is 0 Å². The first-order chi connectivity index (χ1) is 10.1. The molecule has 2 aromatic rings. The molecule has 2 rings (SSSR count). The highest BCUT2D eigenvalue weighted by atomic mass is 16.5. The van der Waals surface area contributed by atoms with E-state index in [-0.39, 0.29) is 11.3 Å². The number of ketones is 1. The smallest absolute Gasteiger partial charge is 0.239 e. The zero-order valence-electron chi connectivity index (χ0n) is 11.7. The fourth-order valence-corrected chi connectivity index (χ4v) is 1.70. The Morgan fingerprint density at radius 2 is 1.62 bits per heavy atom. The van der Waals surface area contributed by atoms with Crippen molar-refractivity contribution in [2.75, 3.05) is 14.2 Å². The van der Waals surface area contributed by atoms with E-state index in [9.17, 15) is 9.90 Å². The maximum absolute atomic E-state index is 12.0. The summed E-state index contributed by atoms with van der Waals surface area (Å²) in [6.45, 7) is 0. The van der Waals surface area contributed by atoms with Gasteiger partial charge in [0, 0.05) is 11.6 Å². The van der Waals surface area contributed by atoms with Crippen LogP contribution in [0.5, 0.6) is 17.2 Å². The number of phenols is 1. The number of aromatic hydroxyl groups is 1. The molecule has 0 fully saturated rings. The van der Waals surface area contributed by atoms with E-state index >= 15 is 0 Å². The second kappa shape index (κ2) is 6.49. The van der Waals surface area contributed by atoms with Gasteiger partial charge in [0.25, 0.3) is 0 Å². The van der Waals surface area contributed by atoms with Gasteiger partial charge in [0.2, 0.25) is 5.78 Å². The van der Waals surface area contributed by atoms with Crippen LogP contribution >= 0.6 is 0 Å². The molecule has 0 spiro atoms. The highest BCUT2D eigenvalue weighted by molar-refractivity contribution is 6.11. The van der Waals surface area contributed by atoms with Gasteiger partial charge in [0.1, 0.15) is 17.2 Å². The molecule has 0 heterocycles. The predicted octanol–water partition coefficient (Wildman–Crippen LogP) is 2.64. The van der Waals surface area contributed by atoms with Crippen LogP contribution in [0.1, 0.15) is 15.9 Å². The Hall–Kier alpha value is -2.93. The quantitative estimate of drug-likeness (QED) is 0.694. The average molecular weight is 282 g/mol. The largest absolute Gasteiger partial charge is 0.507 e. The molecule has 0 aliphatic carbocycles. The van der Waals surface area contributed by atoms with Crippen molar-refractivity contribution in [1.29, 1.82) is 0 Å². The molecule has 0 aliphatic heterocycles. The molecule has 4 heteroatoms. The van der Waals surface area contributed by atoms with Crippen LogP contribution in [0.3, 0.4) is 0 Å². The molecule has 0 aliphatic rings. The summed E-state index contributed by atoms with van der Waals surface area (Å²) in [5.41, 5.74) is 0.842. The number of carbonyl (C=O) groups is 1. The molecule has 0 saturated heterocycles. The first kappa shape index (κ1) is 14.5. The Morgan fingerprint density at radius 1 is 1.00 bits per heavy atom. The van der Waals surface area contributed by atoms with Gasteiger partial charge in [-0.25, -0.2) is 0 Å². The van der Waals surface area contributed by atoms with Gasteiger partial charge in [0.05, 0.1) is 19.8 Å². The first-order valence-electron chi connectivity index (χ1n) is 6.21. The molecule has 21 heavy (non-hydrogen) atoms. The number of hydrogen-bond donors (Lipinski definition) is 1. The molecule has 0 amide bonds. The molecule has 4 nitrogen and oxygen atoms in total. The number of Topliss-reactive ketones (excluding diaryl/α,β-unsaturated/α-hetero) is 1. The van der Waals surface area contributed by atoms with Gasteiger partial charge in [-0.2, -0.15) is 0 Å². The van der Waals surface area contributed by atoms with Crippen molar-refractivity contribution in [3.8, 4) is 29.1 Å². The summed E-state index contributed by atoms with van der Waals surface area (Å²) in [6, 6.07) is 11.5. The number of methoxy groups -OCH3 is 2. The van der Waals surface area contributed by atoms with Crippen molar-refractivity contribution < 1.29 is 19.4 Å². The van der Waals surface area contributed by atoms with E-state index in [2.05, 4.69) is 11.8 Å². The lowest BCUT2D eigenvalue weighted by Gasteiger charge is -2.02. The molecule has 106 valence electrons. The lowest BCUT2D eigenvalue weighted by Crippen LogP contribution is -1.96. The minimum atomic E-state index is -0.453. The zero-order valence-corrected chi connectivity index (χ0v) is 11.7. The molecular formula is C17H14O4. The normalized spacial score (nSPS) is 9.43.